The summed E-state index contributed by atoms with van der Waals surface area (Å²) >= 11 is 3.78. The Morgan fingerprint density at radius 3 is 0.915 bits per heavy atom. The Balaban J connectivity index is 0.948. The average Bonchev–Trinajstić information content (AvgIpc) is 3.98. The Morgan fingerprint density at radius 2 is 0.525 bits per heavy atom. The van der Waals surface area contributed by atoms with Gasteiger partial charge in [0, 0.05) is 57.8 Å². The summed E-state index contributed by atoms with van der Waals surface area (Å²) in [5, 5.41) is 13.2. The fourth-order valence-corrected chi connectivity index (χ4v) is 11.5. The Bertz CT molecular complexity index is 3180. The van der Waals surface area contributed by atoms with Crippen LogP contribution in [0.25, 0.3) is 95.3 Å². The summed E-state index contributed by atoms with van der Waals surface area (Å²) in [5.74, 6) is 0. The Hall–Kier alpha value is -7.04. The summed E-state index contributed by atoms with van der Waals surface area (Å²) < 4.78 is 2.69. The minimum atomic E-state index is 1.12. The Labute approximate surface area is 350 Å². The first kappa shape index (κ1) is 34.0. The first-order valence-corrected chi connectivity index (χ1v) is 21.7. The summed E-state index contributed by atoms with van der Waals surface area (Å²) in [7, 11) is 0. The lowest BCUT2D eigenvalue weighted by Gasteiger charge is -2.26. The van der Waals surface area contributed by atoms with E-state index in [1.165, 1.54) is 95.3 Å². The van der Waals surface area contributed by atoms with Gasteiger partial charge in [-0.15, -0.1) is 22.7 Å². The third-order valence-electron chi connectivity index (χ3n) is 11.9. The molecule has 0 amide bonds. The lowest BCUT2D eigenvalue weighted by Crippen LogP contribution is -2.09. The first-order valence-electron chi connectivity index (χ1n) is 20.1. The van der Waals surface area contributed by atoms with Gasteiger partial charge in [0.2, 0.25) is 0 Å². The number of fused-ring (bicyclic) bond motifs is 12. The van der Waals surface area contributed by atoms with Crippen molar-refractivity contribution in [2.45, 2.75) is 0 Å². The highest BCUT2D eigenvalue weighted by Crippen LogP contribution is 2.46. The quantitative estimate of drug-likeness (QED) is 0.152. The number of hydrogen-bond donors (Lipinski definition) is 0. The zero-order valence-electron chi connectivity index (χ0n) is 32.0. The van der Waals surface area contributed by atoms with Crippen molar-refractivity contribution in [1.29, 1.82) is 0 Å². The van der Waals surface area contributed by atoms with Gasteiger partial charge in [-0.1, -0.05) is 164 Å². The van der Waals surface area contributed by atoms with Gasteiger partial charge in [-0.2, -0.15) is 0 Å². The number of anilines is 3. The predicted molar refractivity (Wildman–Crippen MR) is 258 cm³/mol. The normalized spacial score (nSPS) is 11.7. The van der Waals surface area contributed by atoms with Gasteiger partial charge in [0.25, 0.3) is 0 Å². The van der Waals surface area contributed by atoms with Crippen LogP contribution in [0.5, 0.6) is 0 Å². The molecule has 12 rings (SSSR count). The van der Waals surface area contributed by atoms with E-state index in [1.807, 2.05) is 22.7 Å². The highest BCUT2D eigenvalue weighted by Gasteiger charge is 2.18. The third kappa shape index (κ3) is 5.66. The minimum absolute atomic E-state index is 1.12. The van der Waals surface area contributed by atoms with Gasteiger partial charge >= 0.3 is 0 Å². The van der Waals surface area contributed by atoms with Crippen molar-refractivity contribution in [3.8, 4) is 32.0 Å². The molecule has 0 spiro atoms. The molecule has 0 unspecified atom stereocenters. The van der Waals surface area contributed by atoms with E-state index in [9.17, 15) is 0 Å². The van der Waals surface area contributed by atoms with Crippen molar-refractivity contribution in [2.24, 2.45) is 0 Å². The Morgan fingerprint density at radius 1 is 0.237 bits per heavy atom. The zero-order chi connectivity index (χ0) is 38.9. The smallest absolute Gasteiger partial charge is 0.0462 e. The molecule has 12 aromatic rings. The molecule has 0 bridgehead atoms. The van der Waals surface area contributed by atoms with Gasteiger partial charge in [0.05, 0.1) is 0 Å². The maximum atomic E-state index is 2.39. The number of rotatable bonds is 6. The van der Waals surface area contributed by atoms with Crippen LogP contribution >= 0.6 is 22.7 Å². The molecular formula is C56H35NS2. The summed E-state index contributed by atoms with van der Waals surface area (Å²) in [6, 6.07) is 77.9. The Kier molecular flexibility index (Phi) is 7.97. The number of nitrogens with zero attached hydrogens (tertiary/aromatic N) is 1. The second-order valence-electron chi connectivity index (χ2n) is 15.2. The zero-order valence-corrected chi connectivity index (χ0v) is 33.6. The molecular weight excluding hydrogens is 751 g/mol. The van der Waals surface area contributed by atoms with Gasteiger partial charge in [-0.3, -0.25) is 0 Å². The second kappa shape index (κ2) is 13.8. The summed E-state index contributed by atoms with van der Waals surface area (Å²) in [6.45, 7) is 0. The van der Waals surface area contributed by atoms with Crippen molar-refractivity contribution in [3.05, 3.63) is 212 Å². The number of hydrogen-bond acceptors (Lipinski definition) is 3. The van der Waals surface area contributed by atoms with Crippen LogP contribution in [0.3, 0.4) is 0 Å². The van der Waals surface area contributed by atoms with Gasteiger partial charge < -0.3 is 4.90 Å². The van der Waals surface area contributed by atoms with E-state index < -0.39 is 0 Å². The van der Waals surface area contributed by atoms with E-state index in [0.717, 1.165) is 17.1 Å². The highest BCUT2D eigenvalue weighted by atomic mass is 32.1. The molecule has 0 atom stereocenters. The van der Waals surface area contributed by atoms with E-state index in [1.54, 1.807) is 0 Å². The largest absolute Gasteiger partial charge is 0.311 e. The molecule has 10 aromatic carbocycles. The van der Waals surface area contributed by atoms with E-state index in [-0.39, 0.29) is 0 Å². The van der Waals surface area contributed by atoms with Crippen LogP contribution in [-0.2, 0) is 0 Å². The van der Waals surface area contributed by atoms with Crippen LogP contribution in [0.4, 0.5) is 17.1 Å². The fraction of sp³-hybridized carbons (Fsp3) is 0. The lowest BCUT2D eigenvalue weighted by atomic mass is 9.98. The van der Waals surface area contributed by atoms with Crippen molar-refractivity contribution >= 4 is 103 Å². The minimum Gasteiger partial charge on any atom is -0.311 e. The van der Waals surface area contributed by atoms with E-state index in [2.05, 4.69) is 217 Å². The topological polar surface area (TPSA) is 3.24 Å². The van der Waals surface area contributed by atoms with Crippen LogP contribution < -0.4 is 4.90 Å². The van der Waals surface area contributed by atoms with Crippen LogP contribution in [0.15, 0.2) is 212 Å². The second-order valence-corrected chi connectivity index (χ2v) is 17.3. The molecule has 59 heavy (non-hydrogen) atoms. The molecule has 0 N–H and O–H groups in total. The summed E-state index contributed by atoms with van der Waals surface area (Å²) in [4.78, 5) is 4.93. The molecule has 3 heteroatoms. The van der Waals surface area contributed by atoms with Crippen molar-refractivity contribution in [1.82, 2.24) is 0 Å². The molecule has 0 saturated carbocycles. The van der Waals surface area contributed by atoms with Crippen LogP contribution in [0.1, 0.15) is 0 Å². The third-order valence-corrected chi connectivity index (χ3v) is 14.3. The van der Waals surface area contributed by atoms with Gasteiger partial charge in [0.15, 0.2) is 0 Å². The molecule has 0 radical (unpaired) electrons. The summed E-state index contributed by atoms with van der Waals surface area (Å²) in [5.41, 5.74) is 8.22. The van der Waals surface area contributed by atoms with Crippen LogP contribution in [-0.4, -0.2) is 0 Å². The molecule has 0 aliphatic rings. The lowest BCUT2D eigenvalue weighted by molar-refractivity contribution is 1.28. The van der Waals surface area contributed by atoms with Crippen molar-refractivity contribution in [3.63, 3.8) is 0 Å². The maximum Gasteiger partial charge on any atom is 0.0462 e. The van der Waals surface area contributed by atoms with Crippen molar-refractivity contribution in [2.75, 3.05) is 4.90 Å². The van der Waals surface area contributed by atoms with Crippen LogP contribution in [0.2, 0.25) is 0 Å². The predicted octanol–water partition coefficient (Wildman–Crippen LogP) is 17.2. The monoisotopic (exact) mass is 785 g/mol. The van der Waals surface area contributed by atoms with E-state index in [0.29, 0.717) is 0 Å². The molecule has 2 heterocycles. The number of thiophene rings is 2. The van der Waals surface area contributed by atoms with Gasteiger partial charge in [-0.25, -0.2) is 0 Å². The number of benzene rings is 10. The molecule has 0 aliphatic heterocycles. The van der Waals surface area contributed by atoms with E-state index >= 15 is 0 Å². The van der Waals surface area contributed by atoms with Crippen molar-refractivity contribution < 1.29 is 0 Å². The van der Waals surface area contributed by atoms with E-state index in [4.69, 9.17) is 0 Å². The molecule has 0 fully saturated rings. The highest BCUT2D eigenvalue weighted by molar-refractivity contribution is 7.23. The molecule has 2 aromatic heterocycles. The maximum absolute atomic E-state index is 2.39. The standard InChI is InChI=1S/C56H35NS2/c1-2-12-36(13-3-1)37-22-28-40(29-23-37)57(41-30-24-38(25-31-41)53-34-51-47-18-6-4-14-43(47)45-16-8-10-20-49(45)55(51)58-53)42-32-26-39(27-33-42)54-35-52-48-19-7-5-15-44(48)46-17-9-11-21-50(46)56(52)59-54/h1-35H. The van der Waals surface area contributed by atoms with Gasteiger partial charge in [0.1, 0.15) is 0 Å². The molecule has 276 valence electrons. The molecule has 1 nitrogen and oxygen atoms in total. The van der Waals surface area contributed by atoms with Gasteiger partial charge in [-0.05, 0) is 103 Å². The first-order chi connectivity index (χ1) is 29.2. The molecule has 0 aliphatic carbocycles. The average molecular weight is 786 g/mol. The fourth-order valence-electron chi connectivity index (χ4n) is 9.03. The summed E-state index contributed by atoms with van der Waals surface area (Å²) in [6.07, 6.45) is 0. The SMILES string of the molecule is c1ccc(-c2ccc(N(c3ccc(-c4cc5c6ccccc6c6ccccc6c5s4)cc3)c3ccc(-c4cc5c6ccccc6c6ccccc6c5s4)cc3)cc2)cc1. The van der Waals surface area contributed by atoms with Crippen LogP contribution in [0, 0.1) is 0 Å². The molecule has 0 saturated heterocycles.